The molecule has 5 N–H and O–H groups in total. The zero-order valence-electron chi connectivity index (χ0n) is 11.3. The van der Waals surface area contributed by atoms with E-state index < -0.39 is 23.6 Å². The van der Waals surface area contributed by atoms with E-state index >= 15 is 0 Å². The number of aliphatic hydroxyl groups is 1. The molecule has 0 aromatic carbocycles. The lowest BCUT2D eigenvalue weighted by molar-refractivity contribution is -0.139. The molecule has 0 radical (unpaired) electrons. The van der Waals surface area contributed by atoms with Gasteiger partial charge in [-0.25, -0.2) is 9.59 Å². The van der Waals surface area contributed by atoms with E-state index in [1.54, 1.807) is 20.8 Å². The second kappa shape index (κ2) is 7.57. The summed E-state index contributed by atoms with van der Waals surface area (Å²) in [5.41, 5.74) is -0.407. The predicted molar refractivity (Wildman–Crippen MR) is 67.6 cm³/mol. The first kappa shape index (κ1) is 17.2. The van der Waals surface area contributed by atoms with Gasteiger partial charge in [-0.1, -0.05) is 0 Å². The van der Waals surface area contributed by atoms with Gasteiger partial charge in [0.25, 0.3) is 0 Å². The first-order chi connectivity index (χ1) is 8.65. The van der Waals surface area contributed by atoms with Crippen molar-refractivity contribution in [1.82, 2.24) is 16.0 Å². The number of aliphatic carboxylic acids is 1. The lowest BCUT2D eigenvalue weighted by atomic mass is 10.1. The Hall–Kier alpha value is -1.83. The Morgan fingerprint density at radius 2 is 1.79 bits per heavy atom. The molecule has 0 spiro atoms. The van der Waals surface area contributed by atoms with Crippen molar-refractivity contribution in [3.8, 4) is 0 Å². The summed E-state index contributed by atoms with van der Waals surface area (Å²) in [6.45, 7) is 4.78. The third-order valence-electron chi connectivity index (χ3n) is 1.95. The van der Waals surface area contributed by atoms with Gasteiger partial charge in [0, 0.05) is 18.6 Å². The van der Waals surface area contributed by atoms with E-state index in [9.17, 15) is 14.4 Å². The van der Waals surface area contributed by atoms with Gasteiger partial charge in [-0.15, -0.1) is 0 Å². The zero-order chi connectivity index (χ0) is 15.1. The van der Waals surface area contributed by atoms with E-state index in [4.69, 9.17) is 10.2 Å². The van der Waals surface area contributed by atoms with E-state index in [-0.39, 0.29) is 25.5 Å². The second-order valence-electron chi connectivity index (χ2n) is 5.03. The van der Waals surface area contributed by atoms with Crippen molar-refractivity contribution >= 4 is 17.9 Å². The summed E-state index contributed by atoms with van der Waals surface area (Å²) in [5.74, 6) is -1.62. The van der Waals surface area contributed by atoms with Crippen LogP contribution in [0.4, 0.5) is 4.79 Å². The van der Waals surface area contributed by atoms with Crippen molar-refractivity contribution in [2.45, 2.75) is 38.8 Å². The molecule has 0 aliphatic heterocycles. The number of carboxylic acids is 1. The van der Waals surface area contributed by atoms with Crippen molar-refractivity contribution in [3.63, 3.8) is 0 Å². The molecule has 0 aliphatic rings. The summed E-state index contributed by atoms with van der Waals surface area (Å²) in [7, 11) is 0. The molecule has 0 aliphatic carbocycles. The molecule has 0 rings (SSSR count). The number of nitrogens with one attached hydrogen (secondary N) is 3. The number of carboxylic acid groups (broad SMARTS) is 1. The van der Waals surface area contributed by atoms with Crippen LogP contribution in [0.25, 0.3) is 0 Å². The smallest absolute Gasteiger partial charge is 0.326 e. The Morgan fingerprint density at radius 3 is 2.21 bits per heavy atom. The van der Waals surface area contributed by atoms with Crippen molar-refractivity contribution in [2.24, 2.45) is 0 Å². The zero-order valence-corrected chi connectivity index (χ0v) is 11.3. The first-order valence-corrected chi connectivity index (χ1v) is 5.84. The lowest BCUT2D eigenvalue weighted by Crippen LogP contribution is -2.50. The molecule has 110 valence electrons. The number of urea groups is 1. The van der Waals surface area contributed by atoms with E-state index in [0.717, 1.165) is 0 Å². The minimum atomic E-state index is -1.25. The van der Waals surface area contributed by atoms with Gasteiger partial charge in [0.1, 0.15) is 6.04 Å². The molecule has 8 heteroatoms. The number of rotatable bonds is 6. The minimum Gasteiger partial charge on any atom is -0.480 e. The SMILES string of the molecule is CC(C)(C)NC(=O)CNC(=O)N[C@@H](CCO)C(=O)O. The lowest BCUT2D eigenvalue weighted by Gasteiger charge is -2.21. The van der Waals surface area contributed by atoms with Crippen LogP contribution in [0.5, 0.6) is 0 Å². The van der Waals surface area contributed by atoms with Gasteiger partial charge in [0.15, 0.2) is 0 Å². The van der Waals surface area contributed by atoms with Gasteiger partial charge < -0.3 is 26.2 Å². The van der Waals surface area contributed by atoms with Crippen LogP contribution in [0.2, 0.25) is 0 Å². The largest absolute Gasteiger partial charge is 0.480 e. The van der Waals surface area contributed by atoms with Crippen LogP contribution in [0.3, 0.4) is 0 Å². The molecule has 8 nitrogen and oxygen atoms in total. The maximum Gasteiger partial charge on any atom is 0.326 e. The van der Waals surface area contributed by atoms with Gasteiger partial charge in [-0.2, -0.15) is 0 Å². The highest BCUT2D eigenvalue weighted by molar-refractivity contribution is 5.86. The number of aliphatic hydroxyl groups excluding tert-OH is 1. The molecule has 0 aromatic heterocycles. The van der Waals surface area contributed by atoms with Gasteiger partial charge >= 0.3 is 12.0 Å². The molecule has 0 aromatic rings. The third kappa shape index (κ3) is 8.83. The van der Waals surface area contributed by atoms with E-state index in [0.29, 0.717) is 0 Å². The van der Waals surface area contributed by atoms with Crippen molar-refractivity contribution in [2.75, 3.05) is 13.2 Å². The maximum absolute atomic E-state index is 11.4. The molecular weight excluding hydrogens is 254 g/mol. The Balaban J connectivity index is 4.11. The number of hydrogen-bond acceptors (Lipinski definition) is 4. The summed E-state index contributed by atoms with van der Waals surface area (Å²) < 4.78 is 0. The normalized spacial score (nSPS) is 12.4. The van der Waals surface area contributed by atoms with Crippen LogP contribution in [0, 0.1) is 0 Å². The Labute approximate surface area is 111 Å². The van der Waals surface area contributed by atoms with Gasteiger partial charge in [0.05, 0.1) is 6.54 Å². The number of carbonyl (C=O) groups is 3. The molecule has 19 heavy (non-hydrogen) atoms. The van der Waals surface area contributed by atoms with Gasteiger partial charge in [-0.05, 0) is 20.8 Å². The molecular formula is C11H21N3O5. The molecule has 3 amide bonds. The van der Waals surface area contributed by atoms with Crippen LogP contribution in [0.15, 0.2) is 0 Å². The second-order valence-corrected chi connectivity index (χ2v) is 5.03. The van der Waals surface area contributed by atoms with Gasteiger partial charge in [-0.3, -0.25) is 4.79 Å². The number of amides is 3. The summed E-state index contributed by atoms with van der Waals surface area (Å²) in [4.78, 5) is 33.5. The fourth-order valence-corrected chi connectivity index (χ4v) is 1.22. The average Bonchev–Trinajstić information content (AvgIpc) is 2.23. The van der Waals surface area contributed by atoms with Crippen molar-refractivity contribution in [3.05, 3.63) is 0 Å². The Kier molecular flexibility index (Phi) is 6.84. The summed E-state index contributed by atoms with van der Waals surface area (Å²) in [5, 5.41) is 24.4. The van der Waals surface area contributed by atoms with Crippen LogP contribution in [-0.4, -0.2) is 52.9 Å². The standard InChI is InChI=1S/C11H21N3O5/c1-11(2,3)14-8(16)6-12-10(19)13-7(4-5-15)9(17)18/h7,15H,4-6H2,1-3H3,(H,14,16)(H,17,18)(H2,12,13,19)/t7-/m0/s1. The minimum absolute atomic E-state index is 0.100. The molecule has 0 unspecified atom stereocenters. The van der Waals surface area contributed by atoms with E-state index in [1.807, 2.05) is 0 Å². The van der Waals surface area contributed by atoms with Crippen LogP contribution in [0.1, 0.15) is 27.2 Å². The quantitative estimate of drug-likeness (QED) is 0.426. The highest BCUT2D eigenvalue weighted by Gasteiger charge is 2.20. The molecule has 0 saturated heterocycles. The molecule has 0 bridgehead atoms. The summed E-state index contributed by atoms with van der Waals surface area (Å²) in [6, 6.07) is -1.96. The van der Waals surface area contributed by atoms with E-state index in [1.165, 1.54) is 0 Å². The van der Waals surface area contributed by atoms with Crippen LogP contribution < -0.4 is 16.0 Å². The van der Waals surface area contributed by atoms with Crippen LogP contribution >= 0.6 is 0 Å². The number of hydrogen-bond donors (Lipinski definition) is 5. The monoisotopic (exact) mass is 275 g/mol. The Morgan fingerprint density at radius 1 is 1.21 bits per heavy atom. The third-order valence-corrected chi connectivity index (χ3v) is 1.95. The van der Waals surface area contributed by atoms with E-state index in [2.05, 4.69) is 16.0 Å². The molecule has 0 fully saturated rings. The fourth-order valence-electron chi connectivity index (χ4n) is 1.22. The topological polar surface area (TPSA) is 128 Å². The fraction of sp³-hybridized carbons (Fsp3) is 0.727. The number of carbonyl (C=O) groups excluding carboxylic acids is 2. The van der Waals surface area contributed by atoms with Crippen molar-refractivity contribution in [1.29, 1.82) is 0 Å². The average molecular weight is 275 g/mol. The predicted octanol–water partition coefficient (Wildman–Crippen LogP) is -0.964. The highest BCUT2D eigenvalue weighted by Crippen LogP contribution is 1.97. The van der Waals surface area contributed by atoms with Crippen LogP contribution in [-0.2, 0) is 9.59 Å². The van der Waals surface area contributed by atoms with Gasteiger partial charge in [0.2, 0.25) is 5.91 Å². The van der Waals surface area contributed by atoms with Crippen molar-refractivity contribution < 1.29 is 24.6 Å². The highest BCUT2D eigenvalue weighted by atomic mass is 16.4. The molecule has 0 heterocycles. The maximum atomic E-state index is 11.4. The Bertz CT molecular complexity index is 338. The molecule has 0 saturated carbocycles. The molecule has 1 atom stereocenters. The first-order valence-electron chi connectivity index (χ1n) is 5.84. The summed E-state index contributed by atoms with van der Waals surface area (Å²) in [6.07, 6.45) is -0.100. The summed E-state index contributed by atoms with van der Waals surface area (Å²) >= 11 is 0.